The van der Waals surface area contributed by atoms with Crippen molar-refractivity contribution >= 4 is 41.6 Å². The first-order valence-electron chi connectivity index (χ1n) is 5.88. The van der Waals surface area contributed by atoms with Crippen molar-refractivity contribution in [2.75, 3.05) is 6.54 Å². The second-order valence-corrected chi connectivity index (χ2v) is 7.81. The van der Waals surface area contributed by atoms with Gasteiger partial charge in [-0.25, -0.2) is 12.8 Å². The van der Waals surface area contributed by atoms with Gasteiger partial charge in [0.2, 0.25) is 0 Å². The van der Waals surface area contributed by atoms with Crippen molar-refractivity contribution in [3.8, 4) is 0 Å². The Bertz CT molecular complexity index is 621. The first-order valence-corrected chi connectivity index (χ1v) is 8.99. The number of nitrogens with one attached hydrogen (secondary N) is 1. The van der Waals surface area contributed by atoms with Crippen LogP contribution in [-0.2, 0) is 9.05 Å². The van der Waals surface area contributed by atoms with Gasteiger partial charge in [0.1, 0.15) is 5.82 Å². The second-order valence-electron chi connectivity index (χ2n) is 4.42. The maximum absolute atomic E-state index is 13.7. The minimum atomic E-state index is -4.06. The fourth-order valence-electron chi connectivity index (χ4n) is 1.40. The first-order chi connectivity index (χ1) is 9.16. The average Bonchev–Trinajstić information content (AvgIpc) is 2.33. The number of carbonyl (C=O) groups is 1. The lowest BCUT2D eigenvalue weighted by Gasteiger charge is -2.11. The van der Waals surface area contributed by atoms with E-state index in [4.69, 9.17) is 10.7 Å². The predicted octanol–water partition coefficient (Wildman–Crippen LogP) is 3.29. The number of amides is 1. The lowest BCUT2D eigenvalue weighted by atomic mass is 10.1. The molecule has 1 unspecified atom stereocenters. The Kier molecular flexibility index (Phi) is 5.97. The molecule has 0 aromatic heterocycles. The van der Waals surface area contributed by atoms with Crippen LogP contribution >= 0.6 is 26.6 Å². The Balaban J connectivity index is 3.10. The molecule has 8 heteroatoms. The van der Waals surface area contributed by atoms with Crippen LogP contribution < -0.4 is 5.32 Å². The summed E-state index contributed by atoms with van der Waals surface area (Å²) in [6.07, 6.45) is 0.865. The quantitative estimate of drug-likeness (QED) is 0.790. The van der Waals surface area contributed by atoms with Crippen LogP contribution in [0.4, 0.5) is 4.39 Å². The fraction of sp³-hybridized carbons (Fsp3) is 0.417. The summed E-state index contributed by atoms with van der Waals surface area (Å²) in [5.74, 6) is -1.24. The fourth-order valence-corrected chi connectivity index (χ4v) is 3.56. The standard InChI is InChI=1S/C12H14BrClFNO3S/c1-3-7(2)6-16-12(17)8-4-11(20(14,18)19)9(13)5-10(8)15/h4-5,7H,3,6H2,1-2H3,(H,16,17). The Hall–Kier alpha value is -0.660. The molecule has 4 nitrogen and oxygen atoms in total. The van der Waals surface area contributed by atoms with Gasteiger partial charge in [-0.2, -0.15) is 0 Å². The van der Waals surface area contributed by atoms with Crippen molar-refractivity contribution < 1.29 is 17.6 Å². The van der Waals surface area contributed by atoms with Gasteiger partial charge in [0, 0.05) is 21.7 Å². The molecule has 0 bridgehead atoms. The molecule has 0 spiro atoms. The number of halogens is 3. The summed E-state index contributed by atoms with van der Waals surface area (Å²) in [6, 6.07) is 1.83. The van der Waals surface area contributed by atoms with Gasteiger partial charge in [-0.15, -0.1) is 0 Å². The zero-order valence-electron chi connectivity index (χ0n) is 10.9. The third-order valence-corrected chi connectivity index (χ3v) is 5.12. The highest BCUT2D eigenvalue weighted by atomic mass is 79.9. The van der Waals surface area contributed by atoms with Crippen molar-refractivity contribution in [1.29, 1.82) is 0 Å². The van der Waals surface area contributed by atoms with Gasteiger partial charge in [-0.3, -0.25) is 4.79 Å². The molecule has 0 saturated heterocycles. The van der Waals surface area contributed by atoms with Crippen molar-refractivity contribution in [1.82, 2.24) is 5.32 Å². The van der Waals surface area contributed by atoms with E-state index >= 15 is 0 Å². The van der Waals surface area contributed by atoms with Gasteiger partial charge in [0.05, 0.1) is 10.5 Å². The second kappa shape index (κ2) is 6.87. The van der Waals surface area contributed by atoms with Crippen molar-refractivity contribution in [2.24, 2.45) is 5.92 Å². The highest BCUT2D eigenvalue weighted by molar-refractivity contribution is 9.10. The van der Waals surface area contributed by atoms with E-state index in [-0.39, 0.29) is 20.8 Å². The molecule has 0 aliphatic rings. The molecule has 1 rings (SSSR count). The maximum atomic E-state index is 13.7. The highest BCUT2D eigenvalue weighted by Gasteiger charge is 2.21. The number of benzene rings is 1. The van der Waals surface area contributed by atoms with Crippen molar-refractivity contribution in [3.05, 3.63) is 28.0 Å². The van der Waals surface area contributed by atoms with E-state index in [0.29, 0.717) is 6.54 Å². The van der Waals surface area contributed by atoms with Gasteiger partial charge in [0.15, 0.2) is 0 Å². The smallest absolute Gasteiger partial charge is 0.262 e. The summed E-state index contributed by atoms with van der Waals surface area (Å²) in [4.78, 5) is 11.5. The van der Waals surface area contributed by atoms with Crippen LogP contribution in [0.15, 0.2) is 21.5 Å². The summed E-state index contributed by atoms with van der Waals surface area (Å²) in [5, 5.41) is 2.56. The molecule has 112 valence electrons. The van der Waals surface area contributed by atoms with Gasteiger partial charge < -0.3 is 5.32 Å². The first kappa shape index (κ1) is 17.4. The number of rotatable bonds is 5. The van der Waals surface area contributed by atoms with Crippen LogP contribution in [0.1, 0.15) is 30.6 Å². The Morgan fingerprint density at radius 2 is 2.10 bits per heavy atom. The van der Waals surface area contributed by atoms with Gasteiger partial charge in [-0.1, -0.05) is 20.3 Å². The van der Waals surface area contributed by atoms with E-state index in [1.54, 1.807) is 0 Å². The van der Waals surface area contributed by atoms with Crippen molar-refractivity contribution in [2.45, 2.75) is 25.2 Å². The molecular formula is C12H14BrClFNO3S. The Labute approximate surface area is 130 Å². The molecule has 0 aliphatic carbocycles. The maximum Gasteiger partial charge on any atom is 0.262 e. The lowest BCUT2D eigenvalue weighted by molar-refractivity contribution is 0.0943. The van der Waals surface area contributed by atoms with Crippen LogP contribution in [0.3, 0.4) is 0 Å². The highest BCUT2D eigenvalue weighted by Crippen LogP contribution is 2.28. The van der Waals surface area contributed by atoms with Crippen LogP contribution in [0.25, 0.3) is 0 Å². The Morgan fingerprint density at radius 1 is 1.50 bits per heavy atom. The minimum Gasteiger partial charge on any atom is -0.352 e. The molecule has 1 aromatic rings. The van der Waals surface area contributed by atoms with Gasteiger partial charge in [0.25, 0.3) is 15.0 Å². The summed E-state index contributed by atoms with van der Waals surface area (Å²) in [6.45, 7) is 4.29. The third-order valence-electron chi connectivity index (χ3n) is 2.84. The summed E-state index contributed by atoms with van der Waals surface area (Å²) >= 11 is 2.90. The van der Waals surface area contributed by atoms with E-state index in [1.807, 2.05) is 13.8 Å². The van der Waals surface area contributed by atoms with E-state index in [1.165, 1.54) is 0 Å². The monoisotopic (exact) mass is 385 g/mol. The zero-order valence-corrected chi connectivity index (χ0v) is 14.1. The van der Waals surface area contributed by atoms with Gasteiger partial charge >= 0.3 is 0 Å². The molecular weight excluding hydrogens is 373 g/mol. The topological polar surface area (TPSA) is 63.2 Å². The van der Waals surface area contributed by atoms with E-state index in [9.17, 15) is 17.6 Å². The number of carbonyl (C=O) groups excluding carboxylic acids is 1. The Morgan fingerprint density at radius 3 is 2.60 bits per heavy atom. The summed E-state index contributed by atoms with van der Waals surface area (Å²) in [5.41, 5.74) is -0.351. The molecule has 0 aliphatic heterocycles. The van der Waals surface area contributed by atoms with Crippen molar-refractivity contribution in [3.63, 3.8) is 0 Å². The molecule has 1 amide bonds. The lowest BCUT2D eigenvalue weighted by Crippen LogP contribution is -2.29. The van der Waals surface area contributed by atoms with Gasteiger partial charge in [-0.05, 0) is 34.0 Å². The molecule has 0 radical (unpaired) electrons. The van der Waals surface area contributed by atoms with Crippen LogP contribution in [0.2, 0.25) is 0 Å². The van der Waals surface area contributed by atoms with Crippen LogP contribution in [0, 0.1) is 11.7 Å². The number of hydrogen-bond donors (Lipinski definition) is 1. The average molecular weight is 387 g/mol. The summed E-state index contributed by atoms with van der Waals surface area (Å²) < 4.78 is 36.4. The molecule has 0 heterocycles. The SMILES string of the molecule is CCC(C)CNC(=O)c1cc(S(=O)(=O)Cl)c(Br)cc1F. The zero-order chi connectivity index (χ0) is 15.5. The summed E-state index contributed by atoms with van der Waals surface area (Å²) in [7, 11) is 1.17. The number of hydrogen-bond acceptors (Lipinski definition) is 3. The van der Waals surface area contributed by atoms with E-state index < -0.39 is 20.8 Å². The van der Waals surface area contributed by atoms with Crippen LogP contribution in [-0.4, -0.2) is 20.9 Å². The minimum absolute atomic E-state index is 0.0246. The molecule has 0 fully saturated rings. The van der Waals surface area contributed by atoms with E-state index in [0.717, 1.165) is 18.6 Å². The largest absolute Gasteiger partial charge is 0.352 e. The van der Waals surface area contributed by atoms with Crippen LogP contribution in [0.5, 0.6) is 0 Å². The normalized spacial score (nSPS) is 13.1. The predicted molar refractivity (Wildman–Crippen MR) is 78.9 cm³/mol. The molecule has 0 saturated carbocycles. The third kappa shape index (κ3) is 4.43. The molecule has 20 heavy (non-hydrogen) atoms. The molecule has 1 N–H and O–H groups in total. The molecule has 1 atom stereocenters. The van der Waals surface area contributed by atoms with E-state index in [2.05, 4.69) is 21.2 Å². The molecule has 1 aromatic carbocycles.